The summed E-state index contributed by atoms with van der Waals surface area (Å²) in [6.45, 7) is 3.25. The van der Waals surface area contributed by atoms with E-state index in [-0.39, 0.29) is 5.69 Å². The van der Waals surface area contributed by atoms with Crippen LogP contribution in [0.3, 0.4) is 0 Å². The lowest BCUT2D eigenvalue weighted by Crippen LogP contribution is -2.32. The summed E-state index contributed by atoms with van der Waals surface area (Å²) >= 11 is 0. The number of nitrogens with two attached hydrogens (primary N) is 1. The van der Waals surface area contributed by atoms with Crippen LogP contribution in [0.25, 0.3) is 11.1 Å². The molecule has 0 saturated carbocycles. The monoisotopic (exact) mass is 427 g/mol. The summed E-state index contributed by atoms with van der Waals surface area (Å²) in [4.78, 5) is 25.9. The maximum atomic E-state index is 13.0. The van der Waals surface area contributed by atoms with E-state index in [1.807, 2.05) is 24.0 Å². The zero-order valence-electron chi connectivity index (χ0n) is 16.8. The number of aryl methyl sites for hydroxylation is 1. The molecule has 0 spiro atoms. The van der Waals surface area contributed by atoms with Gasteiger partial charge in [0.15, 0.2) is 0 Å². The second-order valence-electron chi connectivity index (χ2n) is 7.54. The van der Waals surface area contributed by atoms with Crippen molar-refractivity contribution in [2.45, 2.75) is 32.6 Å². The number of hydrogen-bond donors (Lipinski definition) is 1. The maximum absolute atomic E-state index is 13.0. The summed E-state index contributed by atoms with van der Waals surface area (Å²) in [6.07, 6.45) is -0.961. The van der Waals surface area contributed by atoms with Gasteiger partial charge in [-0.15, -0.1) is 0 Å². The second kappa shape index (κ2) is 8.07. The molecule has 160 valence electrons. The second-order valence-corrected chi connectivity index (χ2v) is 7.54. The number of aromatic nitrogens is 3. The van der Waals surface area contributed by atoms with Crippen molar-refractivity contribution >= 4 is 5.91 Å². The van der Waals surface area contributed by atoms with Crippen LogP contribution in [0.4, 0.5) is 13.2 Å². The number of carbonyl (C=O) groups is 1. The lowest BCUT2D eigenvalue weighted by atomic mass is 9.93. The Kier molecular flexibility index (Phi) is 5.45. The zero-order chi connectivity index (χ0) is 22.2. The van der Waals surface area contributed by atoms with Gasteiger partial charge < -0.3 is 5.73 Å². The molecule has 9 heteroatoms. The van der Waals surface area contributed by atoms with Crippen LogP contribution in [0, 0.1) is 6.92 Å². The van der Waals surface area contributed by atoms with Crippen molar-refractivity contribution in [2.24, 2.45) is 5.73 Å². The van der Waals surface area contributed by atoms with Crippen molar-refractivity contribution in [3.8, 4) is 11.1 Å². The number of alkyl halides is 3. The van der Waals surface area contributed by atoms with E-state index in [2.05, 4.69) is 15.0 Å². The predicted molar refractivity (Wildman–Crippen MR) is 108 cm³/mol. The normalized spacial score (nSPS) is 14.3. The van der Waals surface area contributed by atoms with Crippen molar-refractivity contribution in [2.75, 3.05) is 6.54 Å². The lowest BCUT2D eigenvalue weighted by molar-refractivity contribution is -0.141. The maximum Gasteiger partial charge on any atom is 0.433 e. The van der Waals surface area contributed by atoms with Crippen molar-refractivity contribution in [1.82, 2.24) is 19.9 Å². The number of amides is 1. The Morgan fingerprint density at radius 3 is 2.65 bits per heavy atom. The fourth-order valence-electron chi connectivity index (χ4n) is 3.81. The molecule has 31 heavy (non-hydrogen) atoms. The molecule has 0 fully saturated rings. The van der Waals surface area contributed by atoms with Crippen molar-refractivity contribution in [1.29, 1.82) is 0 Å². The van der Waals surface area contributed by atoms with E-state index in [4.69, 9.17) is 5.73 Å². The molecule has 1 amide bonds. The molecule has 0 atom stereocenters. The van der Waals surface area contributed by atoms with Gasteiger partial charge in [-0.2, -0.15) is 13.2 Å². The van der Waals surface area contributed by atoms with Crippen LogP contribution in [0.5, 0.6) is 0 Å². The number of nitrogens with zero attached hydrogens (tertiary/aromatic N) is 4. The third-order valence-electron chi connectivity index (χ3n) is 5.24. The first-order chi connectivity index (χ1) is 14.7. The fourth-order valence-corrected chi connectivity index (χ4v) is 3.81. The third-order valence-corrected chi connectivity index (χ3v) is 5.24. The molecule has 0 aliphatic carbocycles. The van der Waals surface area contributed by atoms with Gasteiger partial charge in [-0.05, 0) is 65.9 Å². The molecule has 0 bridgehead atoms. The first kappa shape index (κ1) is 20.9. The minimum absolute atomic E-state index is 0.160. The SMILES string of the molecule is Cc1cc(-c2cc(C(N)=O)nc3c2CCN(Cc2ccnc(C(F)(F)F)c2)C3)ccn1. The van der Waals surface area contributed by atoms with Gasteiger partial charge in [0, 0.05) is 37.7 Å². The molecule has 0 saturated heterocycles. The minimum Gasteiger partial charge on any atom is -0.364 e. The number of halogens is 3. The highest BCUT2D eigenvalue weighted by Crippen LogP contribution is 2.32. The summed E-state index contributed by atoms with van der Waals surface area (Å²) < 4.78 is 38.9. The van der Waals surface area contributed by atoms with E-state index in [0.717, 1.165) is 28.5 Å². The Bertz CT molecular complexity index is 1150. The summed E-state index contributed by atoms with van der Waals surface area (Å²) in [6, 6.07) is 8.14. The number of fused-ring (bicyclic) bond motifs is 1. The van der Waals surface area contributed by atoms with Crippen molar-refractivity contribution in [3.63, 3.8) is 0 Å². The summed E-state index contributed by atoms with van der Waals surface area (Å²) in [5.74, 6) is -0.629. The van der Waals surface area contributed by atoms with E-state index < -0.39 is 17.8 Å². The van der Waals surface area contributed by atoms with Crippen LogP contribution in [-0.2, 0) is 25.7 Å². The summed E-state index contributed by atoms with van der Waals surface area (Å²) in [7, 11) is 0. The Hall–Kier alpha value is -3.33. The van der Waals surface area contributed by atoms with E-state index in [0.29, 0.717) is 37.3 Å². The highest BCUT2D eigenvalue weighted by atomic mass is 19.4. The van der Waals surface area contributed by atoms with Crippen LogP contribution < -0.4 is 5.73 Å². The molecule has 1 aliphatic heterocycles. The Morgan fingerprint density at radius 1 is 1.16 bits per heavy atom. The number of rotatable bonds is 4. The van der Waals surface area contributed by atoms with Crippen LogP contribution >= 0.6 is 0 Å². The molecule has 3 aromatic heterocycles. The molecule has 0 aromatic carbocycles. The van der Waals surface area contributed by atoms with Crippen molar-refractivity contribution in [3.05, 3.63) is 76.6 Å². The molecular weight excluding hydrogens is 407 g/mol. The number of carbonyl (C=O) groups excluding carboxylic acids is 1. The van der Waals surface area contributed by atoms with Gasteiger partial charge in [-0.3, -0.25) is 19.7 Å². The third kappa shape index (κ3) is 4.56. The zero-order valence-corrected chi connectivity index (χ0v) is 16.8. The van der Waals surface area contributed by atoms with Gasteiger partial charge in [-0.25, -0.2) is 4.98 Å². The van der Waals surface area contributed by atoms with Gasteiger partial charge in [0.2, 0.25) is 0 Å². The largest absolute Gasteiger partial charge is 0.433 e. The Labute approximate surface area is 177 Å². The molecule has 4 heterocycles. The number of hydrogen-bond acceptors (Lipinski definition) is 5. The molecule has 0 radical (unpaired) electrons. The standard InChI is InChI=1S/C22H20F3N5O/c1-13-8-15(3-6-27-13)17-10-18(21(26)31)29-19-12-30(7-4-16(17)19)11-14-2-5-28-20(9-14)22(23,24)25/h2-3,5-6,8-10H,4,7,11-12H2,1H3,(H2,26,31). The lowest BCUT2D eigenvalue weighted by Gasteiger charge is -2.30. The number of primary amides is 1. The highest BCUT2D eigenvalue weighted by molar-refractivity contribution is 5.92. The first-order valence-electron chi connectivity index (χ1n) is 9.71. The first-order valence-corrected chi connectivity index (χ1v) is 9.71. The predicted octanol–water partition coefficient (Wildman–Crippen LogP) is 3.52. The Balaban J connectivity index is 1.65. The molecule has 6 nitrogen and oxygen atoms in total. The Morgan fingerprint density at radius 2 is 1.94 bits per heavy atom. The van der Waals surface area contributed by atoms with Crippen LogP contribution in [-0.4, -0.2) is 32.3 Å². The van der Waals surface area contributed by atoms with E-state index in [1.165, 1.54) is 6.20 Å². The molecule has 0 unspecified atom stereocenters. The van der Waals surface area contributed by atoms with Crippen molar-refractivity contribution < 1.29 is 18.0 Å². The van der Waals surface area contributed by atoms with Gasteiger partial charge >= 0.3 is 6.18 Å². The molecule has 1 aliphatic rings. The summed E-state index contributed by atoms with van der Waals surface area (Å²) in [5, 5.41) is 0. The van der Waals surface area contributed by atoms with Gasteiger partial charge in [0.25, 0.3) is 5.91 Å². The van der Waals surface area contributed by atoms with E-state index in [1.54, 1.807) is 18.3 Å². The van der Waals surface area contributed by atoms with Gasteiger partial charge in [0.1, 0.15) is 11.4 Å². The van der Waals surface area contributed by atoms with Gasteiger partial charge in [0.05, 0.1) is 5.69 Å². The topological polar surface area (TPSA) is 85.0 Å². The molecule has 4 rings (SSSR count). The highest BCUT2D eigenvalue weighted by Gasteiger charge is 2.32. The molecule has 2 N–H and O–H groups in total. The smallest absolute Gasteiger partial charge is 0.364 e. The fraction of sp³-hybridized carbons (Fsp3) is 0.273. The van der Waals surface area contributed by atoms with Gasteiger partial charge in [-0.1, -0.05) is 0 Å². The average Bonchev–Trinajstić information content (AvgIpc) is 2.72. The quantitative estimate of drug-likeness (QED) is 0.689. The molecular formula is C22H20F3N5O. The summed E-state index contributed by atoms with van der Waals surface area (Å²) in [5.41, 5.74) is 9.63. The van der Waals surface area contributed by atoms with E-state index >= 15 is 0 Å². The van der Waals surface area contributed by atoms with E-state index in [9.17, 15) is 18.0 Å². The molecule has 3 aromatic rings. The van der Waals surface area contributed by atoms with Crippen LogP contribution in [0.15, 0.2) is 42.7 Å². The number of pyridine rings is 3. The van der Waals surface area contributed by atoms with Crippen LogP contribution in [0.1, 0.15) is 38.7 Å². The minimum atomic E-state index is -4.49. The van der Waals surface area contributed by atoms with Crippen LogP contribution in [0.2, 0.25) is 0 Å². The average molecular weight is 427 g/mol.